The summed E-state index contributed by atoms with van der Waals surface area (Å²) < 4.78 is 11.0. The van der Waals surface area contributed by atoms with Crippen LogP contribution in [0.2, 0.25) is 0 Å². The number of likely N-dealkylation sites (tertiary alicyclic amines) is 1. The van der Waals surface area contributed by atoms with E-state index in [0.717, 1.165) is 23.6 Å². The highest BCUT2D eigenvalue weighted by Crippen LogP contribution is 2.35. The Morgan fingerprint density at radius 2 is 1.96 bits per heavy atom. The molecule has 1 N–H and O–H groups in total. The van der Waals surface area contributed by atoms with Crippen LogP contribution in [0.1, 0.15) is 50.5 Å². The number of amides is 1. The molecule has 1 aliphatic carbocycles. The molecule has 24 heavy (non-hydrogen) atoms. The number of hydrogen-bond donors (Lipinski definition) is 1. The Balaban J connectivity index is 1.35. The van der Waals surface area contributed by atoms with Crippen LogP contribution in [0.25, 0.3) is 0 Å². The van der Waals surface area contributed by atoms with Gasteiger partial charge in [-0.15, -0.1) is 0 Å². The molecule has 0 aromatic heterocycles. The Hall–Kier alpha value is -1.75. The van der Waals surface area contributed by atoms with E-state index >= 15 is 0 Å². The molecule has 0 spiro atoms. The first-order valence-electron chi connectivity index (χ1n) is 9.21. The highest BCUT2D eigenvalue weighted by Gasteiger charge is 2.34. The van der Waals surface area contributed by atoms with Gasteiger partial charge in [-0.2, -0.15) is 0 Å². The molecule has 5 nitrogen and oxygen atoms in total. The number of rotatable bonds is 4. The van der Waals surface area contributed by atoms with Crippen LogP contribution in [-0.4, -0.2) is 36.2 Å². The van der Waals surface area contributed by atoms with Crippen LogP contribution >= 0.6 is 0 Å². The minimum Gasteiger partial charge on any atom is -0.454 e. The Kier molecular flexibility index (Phi) is 4.60. The maximum Gasteiger partial charge on any atom is 0.231 e. The summed E-state index contributed by atoms with van der Waals surface area (Å²) in [6.45, 7) is 1.85. The summed E-state index contributed by atoms with van der Waals surface area (Å²) in [5.74, 6) is 1.98. The molecule has 3 aliphatic rings. The Labute approximate surface area is 143 Å². The molecule has 2 fully saturated rings. The first kappa shape index (κ1) is 15.8. The second-order valence-electron chi connectivity index (χ2n) is 7.12. The van der Waals surface area contributed by atoms with Crippen molar-refractivity contribution < 1.29 is 14.3 Å². The van der Waals surface area contributed by atoms with E-state index in [-0.39, 0.29) is 6.04 Å². The van der Waals surface area contributed by atoms with Crippen molar-refractivity contribution in [3.63, 3.8) is 0 Å². The van der Waals surface area contributed by atoms with Gasteiger partial charge >= 0.3 is 0 Å². The van der Waals surface area contributed by atoms with Crippen LogP contribution in [-0.2, 0) is 11.3 Å². The van der Waals surface area contributed by atoms with Crippen molar-refractivity contribution in [2.75, 3.05) is 13.3 Å². The van der Waals surface area contributed by atoms with Crippen molar-refractivity contribution in [2.24, 2.45) is 0 Å². The van der Waals surface area contributed by atoms with E-state index in [0.29, 0.717) is 31.7 Å². The van der Waals surface area contributed by atoms with Gasteiger partial charge in [-0.05, 0) is 18.9 Å². The molecule has 5 heteroatoms. The van der Waals surface area contributed by atoms with Crippen molar-refractivity contribution >= 4 is 5.91 Å². The van der Waals surface area contributed by atoms with E-state index < -0.39 is 0 Å². The van der Waals surface area contributed by atoms with E-state index in [1.807, 2.05) is 12.1 Å². The van der Waals surface area contributed by atoms with Gasteiger partial charge in [-0.25, -0.2) is 0 Å². The van der Waals surface area contributed by atoms with Crippen LogP contribution in [0, 0.1) is 0 Å². The number of hydrogen-bond acceptors (Lipinski definition) is 4. The maximum atomic E-state index is 12.4. The second-order valence-corrected chi connectivity index (χ2v) is 7.12. The lowest BCUT2D eigenvalue weighted by atomic mass is 10.1. The number of para-hydroxylation sites is 1. The summed E-state index contributed by atoms with van der Waals surface area (Å²) >= 11 is 0. The molecule has 1 unspecified atom stereocenters. The van der Waals surface area contributed by atoms with E-state index in [4.69, 9.17) is 9.47 Å². The van der Waals surface area contributed by atoms with Crippen LogP contribution in [0.5, 0.6) is 11.5 Å². The summed E-state index contributed by atoms with van der Waals surface area (Å²) in [7, 11) is 0. The van der Waals surface area contributed by atoms with Gasteiger partial charge in [0, 0.05) is 37.2 Å². The van der Waals surface area contributed by atoms with Gasteiger partial charge in [0.2, 0.25) is 12.7 Å². The lowest BCUT2D eigenvalue weighted by molar-refractivity contribution is -0.129. The van der Waals surface area contributed by atoms with Crippen LogP contribution in [0.4, 0.5) is 0 Å². The standard InChI is InChI=1S/C19H26N2O3/c22-18-10-15(12-21(18)16-7-3-1-2-4-8-16)20-11-14-6-5-9-17-19(14)24-13-23-17/h5-6,9,15-16,20H,1-4,7-8,10-13H2. The van der Waals surface area contributed by atoms with Gasteiger partial charge in [0.15, 0.2) is 11.5 Å². The summed E-state index contributed by atoms with van der Waals surface area (Å²) in [5.41, 5.74) is 1.10. The van der Waals surface area contributed by atoms with Crippen LogP contribution < -0.4 is 14.8 Å². The summed E-state index contributed by atoms with van der Waals surface area (Å²) in [4.78, 5) is 14.6. The summed E-state index contributed by atoms with van der Waals surface area (Å²) in [6.07, 6.45) is 8.14. The number of ether oxygens (including phenoxy) is 2. The number of benzene rings is 1. The van der Waals surface area contributed by atoms with Crippen LogP contribution in [0.15, 0.2) is 18.2 Å². The van der Waals surface area contributed by atoms with Gasteiger partial charge in [0.25, 0.3) is 0 Å². The smallest absolute Gasteiger partial charge is 0.231 e. The first-order chi connectivity index (χ1) is 11.8. The third-order valence-corrected chi connectivity index (χ3v) is 5.48. The third kappa shape index (κ3) is 3.22. The van der Waals surface area contributed by atoms with Gasteiger partial charge in [-0.1, -0.05) is 37.8 Å². The van der Waals surface area contributed by atoms with Crippen molar-refractivity contribution in [2.45, 2.75) is 63.6 Å². The molecular formula is C19H26N2O3. The van der Waals surface area contributed by atoms with Crippen LogP contribution in [0.3, 0.4) is 0 Å². The zero-order valence-corrected chi connectivity index (χ0v) is 14.1. The molecule has 130 valence electrons. The number of nitrogens with one attached hydrogen (secondary N) is 1. The molecule has 1 amide bonds. The molecule has 2 aliphatic heterocycles. The van der Waals surface area contributed by atoms with Crippen molar-refractivity contribution in [1.29, 1.82) is 0 Å². The zero-order valence-electron chi connectivity index (χ0n) is 14.1. The molecule has 1 aromatic carbocycles. The van der Waals surface area contributed by atoms with Gasteiger partial charge in [0.05, 0.1) is 0 Å². The molecule has 1 saturated heterocycles. The normalized spacial score (nSPS) is 24.4. The Morgan fingerprint density at radius 1 is 1.12 bits per heavy atom. The highest BCUT2D eigenvalue weighted by molar-refractivity contribution is 5.79. The molecular weight excluding hydrogens is 304 g/mol. The fraction of sp³-hybridized carbons (Fsp3) is 0.632. The average molecular weight is 330 g/mol. The molecule has 2 heterocycles. The lowest BCUT2D eigenvalue weighted by Crippen LogP contribution is -2.38. The van der Waals surface area contributed by atoms with E-state index in [9.17, 15) is 4.79 Å². The quantitative estimate of drug-likeness (QED) is 0.863. The van der Waals surface area contributed by atoms with Gasteiger partial charge < -0.3 is 19.7 Å². The fourth-order valence-electron chi connectivity index (χ4n) is 4.17. The molecule has 4 rings (SSSR count). The topological polar surface area (TPSA) is 50.8 Å². The number of fused-ring (bicyclic) bond motifs is 1. The van der Waals surface area contributed by atoms with E-state index in [1.54, 1.807) is 0 Å². The molecule has 1 aromatic rings. The summed E-state index contributed by atoms with van der Waals surface area (Å²) in [5, 5.41) is 3.54. The van der Waals surface area contributed by atoms with Crippen molar-refractivity contribution in [3.8, 4) is 11.5 Å². The average Bonchev–Trinajstić information content (AvgIpc) is 3.12. The predicted molar refractivity (Wildman–Crippen MR) is 91.0 cm³/mol. The Bertz CT molecular complexity index is 596. The maximum absolute atomic E-state index is 12.4. The van der Waals surface area contributed by atoms with Crippen molar-refractivity contribution in [3.05, 3.63) is 23.8 Å². The van der Waals surface area contributed by atoms with Crippen molar-refractivity contribution in [1.82, 2.24) is 10.2 Å². The monoisotopic (exact) mass is 330 g/mol. The van der Waals surface area contributed by atoms with Gasteiger partial charge in [0.1, 0.15) is 0 Å². The summed E-state index contributed by atoms with van der Waals surface area (Å²) in [6, 6.07) is 6.67. The fourth-order valence-corrected chi connectivity index (χ4v) is 4.17. The minimum atomic E-state index is 0.235. The molecule has 0 bridgehead atoms. The second kappa shape index (κ2) is 7.01. The first-order valence-corrected chi connectivity index (χ1v) is 9.21. The highest BCUT2D eigenvalue weighted by atomic mass is 16.7. The Morgan fingerprint density at radius 3 is 2.79 bits per heavy atom. The molecule has 1 saturated carbocycles. The number of nitrogens with zero attached hydrogens (tertiary/aromatic N) is 1. The van der Waals surface area contributed by atoms with Gasteiger partial charge in [-0.3, -0.25) is 4.79 Å². The lowest BCUT2D eigenvalue weighted by Gasteiger charge is -2.27. The third-order valence-electron chi connectivity index (χ3n) is 5.48. The SMILES string of the molecule is O=C1CC(NCc2cccc3c2OCO3)CN1C1CCCCCC1. The van der Waals surface area contributed by atoms with E-state index in [2.05, 4.69) is 16.3 Å². The zero-order chi connectivity index (χ0) is 16.4. The van der Waals surface area contributed by atoms with E-state index in [1.165, 1.54) is 38.5 Å². The predicted octanol–water partition coefficient (Wildman–Crippen LogP) is 2.83. The minimum absolute atomic E-state index is 0.235. The number of carbonyl (C=O) groups is 1. The number of carbonyl (C=O) groups excluding carboxylic acids is 1. The largest absolute Gasteiger partial charge is 0.454 e. The molecule has 1 atom stereocenters. The molecule has 0 radical (unpaired) electrons.